The molecule has 0 amide bonds. The van der Waals surface area contributed by atoms with E-state index in [1.807, 2.05) is 6.92 Å². The van der Waals surface area contributed by atoms with Gasteiger partial charge < -0.3 is 9.84 Å². The minimum absolute atomic E-state index is 0.0172. The van der Waals surface area contributed by atoms with Crippen LogP contribution in [-0.4, -0.2) is 29.1 Å². The highest BCUT2D eigenvalue weighted by Crippen LogP contribution is 2.15. The van der Waals surface area contributed by atoms with Gasteiger partial charge in [0.15, 0.2) is 5.78 Å². The largest absolute Gasteiger partial charge is 0.466 e. The van der Waals surface area contributed by atoms with Crippen molar-refractivity contribution in [2.75, 3.05) is 6.61 Å². The van der Waals surface area contributed by atoms with E-state index in [4.69, 9.17) is 4.74 Å². The van der Waals surface area contributed by atoms with Crippen LogP contribution in [0.4, 0.5) is 0 Å². The first kappa shape index (κ1) is 14.8. The van der Waals surface area contributed by atoms with Crippen molar-refractivity contribution in [2.45, 2.75) is 45.6 Å². The van der Waals surface area contributed by atoms with Gasteiger partial charge in [-0.05, 0) is 20.8 Å². The van der Waals surface area contributed by atoms with Crippen molar-refractivity contribution >= 4 is 11.8 Å². The zero-order valence-electron chi connectivity index (χ0n) is 10.2. The summed E-state index contributed by atoms with van der Waals surface area (Å²) in [6.45, 7) is 5.30. The lowest BCUT2D eigenvalue weighted by Gasteiger charge is -2.19. The lowest BCUT2D eigenvalue weighted by molar-refractivity contribution is -0.146. The number of allylic oxidation sites excluding steroid dienone is 1. The molecule has 0 bridgehead atoms. The number of carbonyl (C=O) groups excluding carboxylic acids is 2. The maximum Gasteiger partial charge on any atom is 0.306 e. The second kappa shape index (κ2) is 7.17. The van der Waals surface area contributed by atoms with E-state index in [1.54, 1.807) is 19.1 Å². The molecule has 0 aromatic carbocycles. The Bertz CT molecular complexity index is 266. The van der Waals surface area contributed by atoms with Gasteiger partial charge in [0.05, 0.1) is 13.0 Å². The van der Waals surface area contributed by atoms with E-state index in [2.05, 4.69) is 0 Å². The molecule has 0 rings (SSSR count). The fraction of sp³-hybridized carbons (Fsp3) is 0.667. The van der Waals surface area contributed by atoms with Gasteiger partial charge in [-0.3, -0.25) is 9.59 Å². The Hall–Kier alpha value is -1.16. The molecule has 16 heavy (non-hydrogen) atoms. The van der Waals surface area contributed by atoms with E-state index < -0.39 is 11.6 Å². The monoisotopic (exact) mass is 228 g/mol. The van der Waals surface area contributed by atoms with E-state index in [0.717, 1.165) is 0 Å². The number of carbonyl (C=O) groups is 2. The predicted molar refractivity (Wildman–Crippen MR) is 60.9 cm³/mol. The average Bonchev–Trinajstić information content (AvgIpc) is 2.23. The van der Waals surface area contributed by atoms with Gasteiger partial charge in [-0.1, -0.05) is 12.2 Å². The van der Waals surface area contributed by atoms with Crippen LogP contribution in [0.1, 0.15) is 40.0 Å². The SMILES string of the molecule is C/C=C/CC(C)(O)C(=O)CCC(=O)OCC. The van der Waals surface area contributed by atoms with Crippen LogP contribution >= 0.6 is 0 Å². The van der Waals surface area contributed by atoms with Crippen molar-refractivity contribution in [3.05, 3.63) is 12.2 Å². The van der Waals surface area contributed by atoms with E-state index in [9.17, 15) is 14.7 Å². The van der Waals surface area contributed by atoms with E-state index in [1.165, 1.54) is 6.92 Å². The molecule has 0 aliphatic carbocycles. The molecule has 0 aliphatic rings. The highest BCUT2D eigenvalue weighted by Gasteiger charge is 2.28. The minimum Gasteiger partial charge on any atom is -0.466 e. The third-order valence-electron chi connectivity index (χ3n) is 2.21. The summed E-state index contributed by atoms with van der Waals surface area (Å²) < 4.78 is 4.70. The first-order chi connectivity index (χ1) is 7.44. The number of Topliss-reactive ketones (excluding diaryl/α,β-unsaturated/α-hetero) is 1. The van der Waals surface area contributed by atoms with Crippen molar-refractivity contribution in [3.8, 4) is 0 Å². The third-order valence-corrected chi connectivity index (χ3v) is 2.21. The summed E-state index contributed by atoms with van der Waals surface area (Å²) in [5, 5.41) is 9.80. The Balaban J connectivity index is 4.09. The quantitative estimate of drug-likeness (QED) is 0.531. The van der Waals surface area contributed by atoms with Crippen LogP contribution < -0.4 is 0 Å². The van der Waals surface area contributed by atoms with Gasteiger partial charge in [0.25, 0.3) is 0 Å². The van der Waals surface area contributed by atoms with Crippen LogP contribution in [0.3, 0.4) is 0 Å². The molecule has 0 aliphatic heterocycles. The van der Waals surface area contributed by atoms with E-state index in [-0.39, 0.29) is 25.0 Å². The molecule has 0 aromatic rings. The number of aliphatic hydroxyl groups is 1. The Morgan fingerprint density at radius 2 is 2.00 bits per heavy atom. The minimum atomic E-state index is -1.39. The van der Waals surface area contributed by atoms with Crippen molar-refractivity contribution in [3.63, 3.8) is 0 Å². The number of esters is 1. The fourth-order valence-electron chi connectivity index (χ4n) is 1.18. The van der Waals surface area contributed by atoms with Gasteiger partial charge >= 0.3 is 5.97 Å². The molecule has 4 nitrogen and oxygen atoms in total. The first-order valence-electron chi connectivity index (χ1n) is 5.46. The summed E-state index contributed by atoms with van der Waals surface area (Å²) in [6.07, 6.45) is 3.81. The summed E-state index contributed by atoms with van der Waals surface area (Å²) in [5.41, 5.74) is -1.39. The maximum absolute atomic E-state index is 11.6. The molecule has 0 aromatic heterocycles. The summed E-state index contributed by atoms with van der Waals surface area (Å²) in [6, 6.07) is 0. The smallest absolute Gasteiger partial charge is 0.306 e. The lowest BCUT2D eigenvalue weighted by Crippen LogP contribution is -2.34. The zero-order valence-corrected chi connectivity index (χ0v) is 10.2. The van der Waals surface area contributed by atoms with Gasteiger partial charge in [0.1, 0.15) is 5.60 Å². The summed E-state index contributed by atoms with van der Waals surface area (Å²) in [4.78, 5) is 22.6. The van der Waals surface area contributed by atoms with Gasteiger partial charge in [-0.25, -0.2) is 0 Å². The normalized spacial score (nSPS) is 14.8. The van der Waals surface area contributed by atoms with Gasteiger partial charge in [-0.2, -0.15) is 0 Å². The zero-order chi connectivity index (χ0) is 12.6. The number of ketones is 1. The second-order valence-corrected chi connectivity index (χ2v) is 3.78. The van der Waals surface area contributed by atoms with Crippen LogP contribution in [0.15, 0.2) is 12.2 Å². The predicted octanol–water partition coefficient (Wildman–Crippen LogP) is 1.62. The molecular formula is C12H20O4. The lowest BCUT2D eigenvalue weighted by atomic mass is 9.93. The standard InChI is InChI=1S/C12H20O4/c1-4-6-9-12(3,15)10(13)7-8-11(14)16-5-2/h4,6,15H,5,7-9H2,1-3H3/b6-4+. The highest BCUT2D eigenvalue weighted by atomic mass is 16.5. The molecule has 1 N–H and O–H groups in total. The maximum atomic E-state index is 11.6. The van der Waals surface area contributed by atoms with Gasteiger partial charge in [-0.15, -0.1) is 0 Å². The Morgan fingerprint density at radius 3 is 2.50 bits per heavy atom. The van der Waals surface area contributed by atoms with Crippen molar-refractivity contribution in [1.82, 2.24) is 0 Å². The molecule has 92 valence electrons. The molecule has 1 unspecified atom stereocenters. The van der Waals surface area contributed by atoms with Crippen LogP contribution in [-0.2, 0) is 14.3 Å². The Kier molecular flexibility index (Phi) is 6.65. The summed E-state index contributed by atoms with van der Waals surface area (Å²) in [5.74, 6) is -0.740. The fourth-order valence-corrected chi connectivity index (χ4v) is 1.18. The van der Waals surface area contributed by atoms with Crippen LogP contribution in [0, 0.1) is 0 Å². The van der Waals surface area contributed by atoms with E-state index >= 15 is 0 Å². The third kappa shape index (κ3) is 5.66. The van der Waals surface area contributed by atoms with Crippen LogP contribution in [0.5, 0.6) is 0 Å². The van der Waals surface area contributed by atoms with Crippen molar-refractivity contribution < 1.29 is 19.4 Å². The molecule has 0 radical (unpaired) electrons. The molecule has 0 saturated carbocycles. The Labute approximate surface area is 96.3 Å². The Morgan fingerprint density at radius 1 is 1.38 bits per heavy atom. The molecule has 0 saturated heterocycles. The van der Waals surface area contributed by atoms with Crippen molar-refractivity contribution in [2.24, 2.45) is 0 Å². The number of hydrogen-bond acceptors (Lipinski definition) is 4. The highest BCUT2D eigenvalue weighted by molar-refractivity contribution is 5.89. The first-order valence-corrected chi connectivity index (χ1v) is 5.46. The van der Waals surface area contributed by atoms with Crippen molar-refractivity contribution in [1.29, 1.82) is 0 Å². The van der Waals surface area contributed by atoms with Crippen LogP contribution in [0.2, 0.25) is 0 Å². The van der Waals surface area contributed by atoms with Gasteiger partial charge in [0.2, 0.25) is 0 Å². The molecular weight excluding hydrogens is 208 g/mol. The number of ether oxygens (including phenoxy) is 1. The van der Waals surface area contributed by atoms with E-state index in [0.29, 0.717) is 6.61 Å². The molecule has 0 fully saturated rings. The topological polar surface area (TPSA) is 63.6 Å². The second-order valence-electron chi connectivity index (χ2n) is 3.78. The average molecular weight is 228 g/mol. The molecule has 1 atom stereocenters. The molecule has 4 heteroatoms. The molecule has 0 heterocycles. The van der Waals surface area contributed by atoms with Crippen LogP contribution in [0.25, 0.3) is 0 Å². The summed E-state index contributed by atoms with van der Waals surface area (Å²) in [7, 11) is 0. The molecule has 0 spiro atoms. The van der Waals surface area contributed by atoms with Gasteiger partial charge in [0, 0.05) is 12.8 Å². The number of hydrogen-bond donors (Lipinski definition) is 1. The summed E-state index contributed by atoms with van der Waals surface area (Å²) >= 11 is 0. The number of rotatable bonds is 7.